The van der Waals surface area contributed by atoms with E-state index in [4.69, 9.17) is 39.5 Å². The maximum atomic E-state index is 11.4. The van der Waals surface area contributed by atoms with Gasteiger partial charge in [0.25, 0.3) is 0 Å². The van der Waals surface area contributed by atoms with Crippen molar-refractivity contribution < 1.29 is 18.7 Å². The Morgan fingerprint density at radius 1 is 1.24 bits per heavy atom. The molecule has 0 aliphatic rings. The van der Waals surface area contributed by atoms with Gasteiger partial charge in [0.15, 0.2) is 6.35 Å². The molecular formula is C9H10Cl3O4P. The largest absolute Gasteiger partial charge is 0.479 e. The minimum absolute atomic E-state index is 0.117. The first-order valence-electron chi connectivity index (χ1n) is 4.59. The van der Waals surface area contributed by atoms with Crippen molar-refractivity contribution in [2.75, 3.05) is 13.0 Å². The van der Waals surface area contributed by atoms with Crippen LogP contribution in [0.5, 0.6) is 5.75 Å². The highest BCUT2D eigenvalue weighted by atomic mass is 35.5. The van der Waals surface area contributed by atoms with Gasteiger partial charge in [-0.15, -0.1) is 0 Å². The first-order chi connectivity index (χ1) is 7.85. The Bertz CT molecular complexity index is 452. The lowest BCUT2D eigenvalue weighted by molar-refractivity contribution is 0.241. The number of rotatable bonds is 5. The van der Waals surface area contributed by atoms with Gasteiger partial charge in [-0.1, -0.05) is 34.8 Å². The quantitative estimate of drug-likeness (QED) is 0.652. The third-order valence-electron chi connectivity index (χ3n) is 1.69. The molecule has 1 N–H and O–H groups in total. The molecule has 0 fully saturated rings. The fraction of sp³-hybridized carbons (Fsp3) is 0.333. The van der Waals surface area contributed by atoms with Crippen LogP contribution in [0.4, 0.5) is 0 Å². The SMILES string of the molecule is CCOP(=O)(O)COc1cc(Cl)c(Cl)cc1Cl. The summed E-state index contributed by atoms with van der Waals surface area (Å²) in [6.45, 7) is 1.72. The lowest BCUT2D eigenvalue weighted by Crippen LogP contribution is -2.02. The highest BCUT2D eigenvalue weighted by molar-refractivity contribution is 7.52. The van der Waals surface area contributed by atoms with E-state index in [0.29, 0.717) is 0 Å². The average molecular weight is 320 g/mol. The first-order valence-corrected chi connectivity index (χ1v) is 7.49. The summed E-state index contributed by atoms with van der Waals surface area (Å²) in [5.41, 5.74) is 0. The Balaban J connectivity index is 2.76. The smallest absolute Gasteiger partial charge is 0.365 e. The predicted octanol–water partition coefficient (Wildman–Crippen LogP) is 4.21. The minimum atomic E-state index is -3.76. The van der Waals surface area contributed by atoms with Crippen molar-refractivity contribution in [3.05, 3.63) is 27.2 Å². The van der Waals surface area contributed by atoms with Crippen molar-refractivity contribution in [1.82, 2.24) is 0 Å². The predicted molar refractivity (Wildman–Crippen MR) is 68.4 cm³/mol. The van der Waals surface area contributed by atoms with Gasteiger partial charge >= 0.3 is 7.60 Å². The molecule has 96 valence electrons. The van der Waals surface area contributed by atoms with Crippen LogP contribution in [0.1, 0.15) is 6.92 Å². The number of benzene rings is 1. The number of halogens is 3. The lowest BCUT2D eigenvalue weighted by Gasteiger charge is -2.13. The maximum absolute atomic E-state index is 11.4. The Labute approximate surface area is 114 Å². The van der Waals surface area contributed by atoms with Crippen molar-refractivity contribution >= 4 is 42.4 Å². The summed E-state index contributed by atoms with van der Waals surface area (Å²) < 4.78 is 21.1. The van der Waals surface area contributed by atoms with Gasteiger partial charge in [-0.3, -0.25) is 4.57 Å². The molecule has 0 amide bonds. The van der Waals surface area contributed by atoms with E-state index in [1.165, 1.54) is 12.1 Å². The van der Waals surface area contributed by atoms with E-state index in [1.54, 1.807) is 6.92 Å². The van der Waals surface area contributed by atoms with Crippen molar-refractivity contribution in [1.29, 1.82) is 0 Å². The lowest BCUT2D eigenvalue weighted by atomic mass is 10.3. The van der Waals surface area contributed by atoms with Gasteiger partial charge in [0.1, 0.15) is 5.75 Å². The van der Waals surface area contributed by atoms with Gasteiger partial charge in [-0.25, -0.2) is 0 Å². The monoisotopic (exact) mass is 318 g/mol. The second-order valence-electron chi connectivity index (χ2n) is 3.03. The molecule has 1 rings (SSSR count). The van der Waals surface area contributed by atoms with Crippen LogP contribution in [0, 0.1) is 0 Å². The Hall–Kier alpha value is 0.0400. The van der Waals surface area contributed by atoms with Gasteiger partial charge < -0.3 is 14.2 Å². The molecule has 4 nitrogen and oxygen atoms in total. The normalized spacial score (nSPS) is 14.4. The highest BCUT2D eigenvalue weighted by Crippen LogP contribution is 2.43. The maximum Gasteiger partial charge on any atom is 0.365 e. The second-order valence-corrected chi connectivity index (χ2v) is 6.04. The van der Waals surface area contributed by atoms with E-state index in [1.807, 2.05) is 0 Å². The zero-order valence-electron chi connectivity index (χ0n) is 8.82. The number of hydrogen-bond donors (Lipinski definition) is 1. The molecule has 0 aromatic heterocycles. The molecule has 0 aliphatic carbocycles. The summed E-state index contributed by atoms with van der Waals surface area (Å²) in [7, 11) is -3.76. The average Bonchev–Trinajstić information content (AvgIpc) is 2.21. The molecule has 1 atom stereocenters. The molecule has 1 aromatic rings. The highest BCUT2D eigenvalue weighted by Gasteiger charge is 2.20. The van der Waals surface area contributed by atoms with Crippen LogP contribution >= 0.6 is 42.4 Å². The second kappa shape index (κ2) is 6.28. The van der Waals surface area contributed by atoms with Crippen LogP contribution in [0.15, 0.2) is 12.1 Å². The molecule has 8 heteroatoms. The minimum Gasteiger partial charge on any atom is -0.479 e. The fourth-order valence-electron chi connectivity index (χ4n) is 1.01. The van der Waals surface area contributed by atoms with E-state index in [9.17, 15) is 9.46 Å². The van der Waals surface area contributed by atoms with E-state index in [-0.39, 0.29) is 27.4 Å². The number of ether oxygens (including phenoxy) is 1. The zero-order chi connectivity index (χ0) is 13.1. The van der Waals surface area contributed by atoms with E-state index in [0.717, 1.165) is 0 Å². The van der Waals surface area contributed by atoms with Crippen LogP contribution < -0.4 is 4.74 Å². The third-order valence-corrected chi connectivity index (χ3v) is 3.82. The van der Waals surface area contributed by atoms with Crippen LogP contribution in [0.25, 0.3) is 0 Å². The van der Waals surface area contributed by atoms with Gasteiger partial charge in [-0.2, -0.15) is 0 Å². The summed E-state index contributed by atoms with van der Waals surface area (Å²) >= 11 is 17.3. The molecule has 0 saturated heterocycles. The molecular weight excluding hydrogens is 309 g/mol. The Morgan fingerprint density at radius 3 is 2.41 bits per heavy atom. The van der Waals surface area contributed by atoms with Gasteiger partial charge in [0, 0.05) is 6.07 Å². The summed E-state index contributed by atoms with van der Waals surface area (Å²) in [6.07, 6.45) is -0.501. The Kier molecular flexibility index (Phi) is 5.58. The molecule has 0 heterocycles. The number of hydrogen-bond acceptors (Lipinski definition) is 3. The van der Waals surface area contributed by atoms with Gasteiger partial charge in [0.05, 0.1) is 21.7 Å². The molecule has 17 heavy (non-hydrogen) atoms. The summed E-state index contributed by atoms with van der Waals surface area (Å²) in [6, 6.07) is 2.77. The van der Waals surface area contributed by atoms with Gasteiger partial charge in [-0.05, 0) is 13.0 Å². The van der Waals surface area contributed by atoms with E-state index in [2.05, 4.69) is 4.52 Å². The molecule has 0 spiro atoms. The van der Waals surface area contributed by atoms with Crippen molar-refractivity contribution in [3.63, 3.8) is 0 Å². The zero-order valence-corrected chi connectivity index (χ0v) is 12.0. The van der Waals surface area contributed by atoms with Crippen LogP contribution in [-0.2, 0) is 9.09 Å². The molecule has 0 aliphatic heterocycles. The molecule has 0 saturated carbocycles. The van der Waals surface area contributed by atoms with Crippen molar-refractivity contribution in [2.24, 2.45) is 0 Å². The molecule has 1 unspecified atom stereocenters. The van der Waals surface area contributed by atoms with Gasteiger partial charge in [0.2, 0.25) is 0 Å². The van der Waals surface area contributed by atoms with Crippen LogP contribution in [0.3, 0.4) is 0 Å². The standard InChI is InChI=1S/C9H10Cl3O4P/c1-2-16-17(13,14)5-15-9-4-7(11)6(10)3-8(9)12/h3-4H,2,5H2,1H3,(H,13,14). The summed E-state index contributed by atoms with van der Waals surface area (Å²) in [5, 5.41) is 0.729. The summed E-state index contributed by atoms with van der Waals surface area (Å²) in [4.78, 5) is 9.30. The topological polar surface area (TPSA) is 55.8 Å². The van der Waals surface area contributed by atoms with Crippen LogP contribution in [-0.4, -0.2) is 17.8 Å². The molecule has 0 bridgehead atoms. The third kappa shape index (κ3) is 4.66. The summed E-state index contributed by atoms with van der Waals surface area (Å²) in [5.74, 6) is 0.176. The fourth-order valence-corrected chi connectivity index (χ4v) is 2.38. The first kappa shape index (κ1) is 15.1. The van der Waals surface area contributed by atoms with Crippen LogP contribution in [0.2, 0.25) is 15.1 Å². The van der Waals surface area contributed by atoms with E-state index >= 15 is 0 Å². The van der Waals surface area contributed by atoms with E-state index < -0.39 is 13.9 Å². The molecule has 1 aromatic carbocycles. The van der Waals surface area contributed by atoms with Crippen molar-refractivity contribution in [2.45, 2.75) is 6.92 Å². The Morgan fingerprint density at radius 2 is 1.82 bits per heavy atom. The molecule has 0 radical (unpaired) electrons. The van der Waals surface area contributed by atoms with Crippen molar-refractivity contribution in [3.8, 4) is 5.75 Å².